The molecule has 2 atom stereocenters. The maximum Gasteiger partial charge on any atom is 0.410 e. The van der Waals surface area contributed by atoms with Gasteiger partial charge in [-0.2, -0.15) is 0 Å². The molecule has 2 rings (SSSR count). The van der Waals surface area contributed by atoms with Crippen LogP contribution in [0.15, 0.2) is 18.2 Å². The molecule has 1 aliphatic rings. The molecule has 1 aromatic rings. The lowest BCUT2D eigenvalue weighted by Gasteiger charge is -2.37. The van der Waals surface area contributed by atoms with Gasteiger partial charge in [-0.25, -0.2) is 4.79 Å². The lowest BCUT2D eigenvalue weighted by atomic mass is 10.00. The van der Waals surface area contributed by atoms with Crippen molar-refractivity contribution in [1.29, 1.82) is 0 Å². The summed E-state index contributed by atoms with van der Waals surface area (Å²) in [5.41, 5.74) is 6.36. The summed E-state index contributed by atoms with van der Waals surface area (Å²) in [4.78, 5) is 14.1. The highest BCUT2D eigenvalue weighted by atomic mass is 35.5. The van der Waals surface area contributed by atoms with E-state index in [9.17, 15) is 9.90 Å². The van der Waals surface area contributed by atoms with E-state index in [1.54, 1.807) is 23.1 Å². The first-order chi connectivity index (χ1) is 11.2. The van der Waals surface area contributed by atoms with Crippen LogP contribution in [0.3, 0.4) is 0 Å². The molecule has 1 saturated heterocycles. The fourth-order valence-electron chi connectivity index (χ4n) is 2.58. The number of aliphatic hydroxyl groups excluding tert-OH is 1. The van der Waals surface area contributed by atoms with Crippen molar-refractivity contribution in [2.24, 2.45) is 5.73 Å². The number of amides is 1. The molecule has 6 nitrogen and oxygen atoms in total. The van der Waals surface area contributed by atoms with Crippen LogP contribution in [0.4, 0.5) is 4.79 Å². The Hall–Kier alpha value is -1.34. The van der Waals surface area contributed by atoms with Crippen LogP contribution in [0.2, 0.25) is 5.02 Å². The Morgan fingerprint density at radius 2 is 2.21 bits per heavy atom. The number of hydrogen-bond donors (Lipinski definition) is 2. The van der Waals surface area contributed by atoms with Crippen molar-refractivity contribution in [2.75, 3.05) is 26.3 Å². The number of hydrogen-bond acceptors (Lipinski definition) is 5. The van der Waals surface area contributed by atoms with Crippen LogP contribution in [0.5, 0.6) is 0 Å². The van der Waals surface area contributed by atoms with Crippen LogP contribution in [-0.2, 0) is 9.47 Å². The molecule has 1 amide bonds. The van der Waals surface area contributed by atoms with Gasteiger partial charge in [-0.15, -0.1) is 0 Å². The van der Waals surface area contributed by atoms with Gasteiger partial charge in [0.1, 0.15) is 5.60 Å². The highest BCUT2D eigenvalue weighted by Crippen LogP contribution is 2.30. The van der Waals surface area contributed by atoms with Gasteiger partial charge in [0.05, 0.1) is 25.4 Å². The molecule has 1 aromatic carbocycles. The van der Waals surface area contributed by atoms with Gasteiger partial charge in [0.2, 0.25) is 0 Å². The lowest BCUT2D eigenvalue weighted by molar-refractivity contribution is -0.0331. The fourth-order valence-corrected chi connectivity index (χ4v) is 2.83. The number of rotatable bonds is 3. The Labute approximate surface area is 147 Å². The molecule has 0 saturated carbocycles. The van der Waals surface area contributed by atoms with Crippen molar-refractivity contribution >= 4 is 17.7 Å². The second-order valence-corrected chi connectivity index (χ2v) is 7.27. The van der Waals surface area contributed by atoms with Crippen LogP contribution < -0.4 is 5.73 Å². The van der Waals surface area contributed by atoms with Gasteiger partial charge in [0.15, 0.2) is 0 Å². The van der Waals surface area contributed by atoms with Crippen LogP contribution in [0.25, 0.3) is 0 Å². The number of carbonyl (C=O) groups excluding carboxylic acids is 1. The van der Waals surface area contributed by atoms with Crippen LogP contribution >= 0.6 is 11.6 Å². The monoisotopic (exact) mass is 356 g/mol. The number of ether oxygens (including phenoxy) is 2. The van der Waals surface area contributed by atoms with Gasteiger partial charge < -0.3 is 20.3 Å². The molecule has 24 heavy (non-hydrogen) atoms. The topological polar surface area (TPSA) is 85.0 Å². The molecule has 3 N–H and O–H groups in total. The first kappa shape index (κ1) is 19.0. The quantitative estimate of drug-likeness (QED) is 0.869. The van der Waals surface area contributed by atoms with E-state index in [1.807, 2.05) is 20.8 Å². The third-order valence-electron chi connectivity index (χ3n) is 3.69. The molecular weight excluding hydrogens is 332 g/mol. The predicted octanol–water partition coefficient (Wildman–Crippen LogP) is 2.64. The first-order valence-corrected chi connectivity index (χ1v) is 8.35. The van der Waals surface area contributed by atoms with E-state index in [0.717, 1.165) is 5.56 Å². The fraction of sp³-hybridized carbons (Fsp3) is 0.588. The van der Waals surface area contributed by atoms with Crippen molar-refractivity contribution in [2.45, 2.75) is 38.5 Å². The van der Waals surface area contributed by atoms with Crippen molar-refractivity contribution in [3.63, 3.8) is 0 Å². The van der Waals surface area contributed by atoms with Gasteiger partial charge in [-0.1, -0.05) is 17.7 Å². The number of carbonyl (C=O) groups is 1. The van der Waals surface area contributed by atoms with E-state index in [-0.39, 0.29) is 12.6 Å². The zero-order chi connectivity index (χ0) is 17.9. The minimum atomic E-state index is -0.804. The SMILES string of the molecule is CC(C)(C)OC(=O)N1CCOC[C@H]1c1cc(Cl)cc(C(O)CN)c1. The third kappa shape index (κ3) is 4.83. The van der Waals surface area contributed by atoms with Crippen molar-refractivity contribution < 1.29 is 19.4 Å². The summed E-state index contributed by atoms with van der Waals surface area (Å²) < 4.78 is 11.0. The number of benzene rings is 1. The average Bonchev–Trinajstić information content (AvgIpc) is 2.52. The number of aliphatic hydroxyl groups is 1. The Balaban J connectivity index is 2.30. The van der Waals surface area contributed by atoms with Crippen molar-refractivity contribution in [3.8, 4) is 0 Å². The van der Waals surface area contributed by atoms with Crippen LogP contribution in [0.1, 0.15) is 44.0 Å². The molecule has 0 aliphatic carbocycles. The maximum absolute atomic E-state index is 12.5. The van der Waals surface area contributed by atoms with Gasteiger partial charge in [-0.05, 0) is 44.0 Å². The highest BCUT2D eigenvalue weighted by molar-refractivity contribution is 6.30. The Kier molecular flexibility index (Phi) is 6.09. The largest absolute Gasteiger partial charge is 0.444 e. The normalized spacial score (nSPS) is 19.9. The summed E-state index contributed by atoms with van der Waals surface area (Å²) in [7, 11) is 0. The van der Waals surface area contributed by atoms with E-state index in [4.69, 9.17) is 26.8 Å². The van der Waals surface area contributed by atoms with Crippen LogP contribution in [-0.4, -0.2) is 48.0 Å². The van der Waals surface area contributed by atoms with E-state index < -0.39 is 17.8 Å². The molecule has 0 bridgehead atoms. The molecule has 0 aromatic heterocycles. The molecule has 7 heteroatoms. The zero-order valence-corrected chi connectivity index (χ0v) is 15.0. The summed E-state index contributed by atoms with van der Waals surface area (Å²) >= 11 is 6.18. The number of morpholine rings is 1. The van der Waals surface area contributed by atoms with Crippen LogP contribution in [0, 0.1) is 0 Å². The molecule has 1 aliphatic heterocycles. The van der Waals surface area contributed by atoms with Crippen molar-refractivity contribution in [1.82, 2.24) is 4.90 Å². The summed E-state index contributed by atoms with van der Waals surface area (Å²) in [6.45, 7) is 6.81. The highest BCUT2D eigenvalue weighted by Gasteiger charge is 2.32. The molecule has 0 radical (unpaired) electrons. The van der Waals surface area contributed by atoms with E-state index >= 15 is 0 Å². The number of halogens is 1. The molecule has 1 unspecified atom stereocenters. The predicted molar refractivity (Wildman–Crippen MR) is 92.0 cm³/mol. The second kappa shape index (κ2) is 7.70. The van der Waals surface area contributed by atoms with E-state index in [0.29, 0.717) is 30.3 Å². The average molecular weight is 357 g/mol. The number of nitrogens with zero attached hydrogens (tertiary/aromatic N) is 1. The zero-order valence-electron chi connectivity index (χ0n) is 14.3. The minimum Gasteiger partial charge on any atom is -0.444 e. The van der Waals surface area contributed by atoms with E-state index in [2.05, 4.69) is 0 Å². The Bertz CT molecular complexity index is 588. The molecular formula is C17H25ClN2O4. The maximum atomic E-state index is 12.5. The third-order valence-corrected chi connectivity index (χ3v) is 3.91. The minimum absolute atomic E-state index is 0.0940. The molecule has 1 fully saturated rings. The van der Waals surface area contributed by atoms with Gasteiger partial charge in [-0.3, -0.25) is 4.90 Å². The summed E-state index contributed by atoms with van der Waals surface area (Å²) in [5, 5.41) is 10.5. The first-order valence-electron chi connectivity index (χ1n) is 7.97. The molecule has 0 spiro atoms. The van der Waals surface area contributed by atoms with Gasteiger partial charge >= 0.3 is 6.09 Å². The lowest BCUT2D eigenvalue weighted by Crippen LogP contribution is -2.45. The second-order valence-electron chi connectivity index (χ2n) is 6.83. The molecule has 134 valence electrons. The molecule has 1 heterocycles. The summed E-state index contributed by atoms with van der Waals surface area (Å²) in [5.74, 6) is 0. The van der Waals surface area contributed by atoms with Gasteiger partial charge in [0, 0.05) is 18.1 Å². The smallest absolute Gasteiger partial charge is 0.410 e. The summed E-state index contributed by atoms with van der Waals surface area (Å²) in [6.07, 6.45) is -1.20. The Morgan fingerprint density at radius 3 is 2.83 bits per heavy atom. The Morgan fingerprint density at radius 1 is 1.50 bits per heavy atom. The van der Waals surface area contributed by atoms with Gasteiger partial charge in [0.25, 0.3) is 0 Å². The number of nitrogens with two attached hydrogens (primary N) is 1. The van der Waals surface area contributed by atoms with Crippen molar-refractivity contribution in [3.05, 3.63) is 34.3 Å². The standard InChI is InChI=1S/C17H25ClN2O4/c1-17(2,3)24-16(22)20-4-5-23-10-14(20)11-6-12(15(21)9-19)8-13(18)7-11/h6-8,14-15,21H,4-5,9-10,19H2,1-3H3/t14-,15?/m0/s1. The van der Waals surface area contributed by atoms with E-state index in [1.165, 1.54) is 0 Å². The summed E-state index contributed by atoms with van der Waals surface area (Å²) in [6, 6.07) is 4.92.